The molecule has 0 fully saturated rings. The van der Waals surface area contributed by atoms with Gasteiger partial charge in [-0.25, -0.2) is 4.98 Å². The first-order valence-electron chi connectivity index (χ1n) is 6.82. The van der Waals surface area contributed by atoms with Crippen LogP contribution in [-0.2, 0) is 0 Å². The molecule has 2 aromatic rings. The minimum Gasteiger partial charge on any atom is -0.439 e. The van der Waals surface area contributed by atoms with Crippen LogP contribution in [0.5, 0.6) is 11.6 Å². The lowest BCUT2D eigenvalue weighted by Gasteiger charge is -2.17. The standard InChI is InChI=1S/C16H19BrN2O/c1-3-9-18-12(2)15-8-5-10-19-16(15)20-14-7-4-6-13(17)11-14/h4-8,10-12,18H,3,9H2,1-2H3. The summed E-state index contributed by atoms with van der Waals surface area (Å²) in [5.41, 5.74) is 1.07. The number of hydrogen-bond acceptors (Lipinski definition) is 3. The average Bonchev–Trinajstić information content (AvgIpc) is 2.45. The SMILES string of the molecule is CCCNC(C)c1cccnc1Oc1cccc(Br)c1. The van der Waals surface area contributed by atoms with Crippen molar-refractivity contribution < 1.29 is 4.74 Å². The van der Waals surface area contributed by atoms with Crippen molar-refractivity contribution in [2.45, 2.75) is 26.3 Å². The van der Waals surface area contributed by atoms with Crippen molar-refractivity contribution >= 4 is 15.9 Å². The molecule has 0 aliphatic carbocycles. The maximum atomic E-state index is 5.91. The molecule has 1 aromatic heterocycles. The van der Waals surface area contributed by atoms with Crippen LogP contribution in [0.4, 0.5) is 0 Å². The fraction of sp³-hybridized carbons (Fsp3) is 0.312. The van der Waals surface area contributed by atoms with Gasteiger partial charge in [0.15, 0.2) is 0 Å². The van der Waals surface area contributed by atoms with Gasteiger partial charge in [-0.2, -0.15) is 0 Å². The molecule has 3 nitrogen and oxygen atoms in total. The monoisotopic (exact) mass is 334 g/mol. The van der Waals surface area contributed by atoms with Gasteiger partial charge in [-0.15, -0.1) is 0 Å². The first-order chi connectivity index (χ1) is 9.70. The summed E-state index contributed by atoms with van der Waals surface area (Å²) in [7, 11) is 0. The van der Waals surface area contributed by atoms with Gasteiger partial charge in [-0.3, -0.25) is 0 Å². The van der Waals surface area contributed by atoms with E-state index in [2.05, 4.69) is 40.1 Å². The van der Waals surface area contributed by atoms with Crippen molar-refractivity contribution in [2.75, 3.05) is 6.54 Å². The summed E-state index contributed by atoms with van der Waals surface area (Å²) in [5.74, 6) is 1.43. The van der Waals surface area contributed by atoms with E-state index in [1.165, 1.54) is 0 Å². The fourth-order valence-electron chi connectivity index (χ4n) is 1.93. The van der Waals surface area contributed by atoms with Gasteiger partial charge in [0.25, 0.3) is 0 Å². The molecule has 0 bridgehead atoms. The molecule has 2 rings (SSSR count). The zero-order chi connectivity index (χ0) is 14.4. The van der Waals surface area contributed by atoms with E-state index >= 15 is 0 Å². The van der Waals surface area contributed by atoms with Gasteiger partial charge in [0.1, 0.15) is 5.75 Å². The van der Waals surface area contributed by atoms with Crippen LogP contribution in [0.15, 0.2) is 47.1 Å². The van der Waals surface area contributed by atoms with Crippen molar-refractivity contribution in [3.8, 4) is 11.6 Å². The van der Waals surface area contributed by atoms with E-state index in [0.29, 0.717) is 5.88 Å². The Morgan fingerprint density at radius 3 is 2.90 bits per heavy atom. The molecule has 1 heterocycles. The number of hydrogen-bond donors (Lipinski definition) is 1. The zero-order valence-electron chi connectivity index (χ0n) is 11.8. The van der Waals surface area contributed by atoms with Crippen molar-refractivity contribution in [1.82, 2.24) is 10.3 Å². The molecule has 4 heteroatoms. The third-order valence-electron chi connectivity index (χ3n) is 2.98. The van der Waals surface area contributed by atoms with E-state index in [0.717, 1.165) is 28.8 Å². The molecule has 1 atom stereocenters. The Labute approximate surface area is 128 Å². The Morgan fingerprint density at radius 1 is 1.30 bits per heavy atom. The summed E-state index contributed by atoms with van der Waals surface area (Å²) in [6.07, 6.45) is 2.86. The van der Waals surface area contributed by atoms with Gasteiger partial charge in [-0.05, 0) is 44.2 Å². The summed E-state index contributed by atoms with van der Waals surface area (Å²) in [4.78, 5) is 4.36. The number of benzene rings is 1. The Kier molecular flexibility index (Phi) is 5.56. The van der Waals surface area contributed by atoms with Crippen molar-refractivity contribution in [2.24, 2.45) is 0 Å². The van der Waals surface area contributed by atoms with E-state index in [1.54, 1.807) is 6.20 Å². The predicted octanol–water partition coefficient (Wildman–Crippen LogP) is 4.70. The molecule has 0 saturated heterocycles. The Hall–Kier alpha value is -1.39. The lowest BCUT2D eigenvalue weighted by Crippen LogP contribution is -2.20. The van der Waals surface area contributed by atoms with Gasteiger partial charge in [0, 0.05) is 22.3 Å². The summed E-state index contributed by atoms with van der Waals surface area (Å²) in [6, 6.07) is 12.0. The summed E-state index contributed by atoms with van der Waals surface area (Å²) >= 11 is 3.44. The van der Waals surface area contributed by atoms with Crippen LogP contribution in [0, 0.1) is 0 Å². The molecule has 1 N–H and O–H groups in total. The molecule has 0 radical (unpaired) electrons. The molecule has 0 aliphatic heterocycles. The summed E-state index contributed by atoms with van der Waals surface area (Å²) in [5, 5.41) is 3.46. The van der Waals surface area contributed by atoms with E-state index in [-0.39, 0.29) is 6.04 Å². The van der Waals surface area contributed by atoms with Crippen LogP contribution in [0.25, 0.3) is 0 Å². The minimum absolute atomic E-state index is 0.214. The zero-order valence-corrected chi connectivity index (χ0v) is 13.4. The van der Waals surface area contributed by atoms with Crippen LogP contribution in [0.1, 0.15) is 31.9 Å². The van der Waals surface area contributed by atoms with Crippen LogP contribution >= 0.6 is 15.9 Å². The second-order valence-electron chi connectivity index (χ2n) is 4.63. The first-order valence-corrected chi connectivity index (χ1v) is 7.61. The predicted molar refractivity (Wildman–Crippen MR) is 85.2 cm³/mol. The Balaban J connectivity index is 2.19. The fourth-order valence-corrected chi connectivity index (χ4v) is 2.31. The van der Waals surface area contributed by atoms with E-state index in [9.17, 15) is 0 Å². The number of halogens is 1. The smallest absolute Gasteiger partial charge is 0.223 e. The molecule has 20 heavy (non-hydrogen) atoms. The lowest BCUT2D eigenvalue weighted by molar-refractivity contribution is 0.442. The van der Waals surface area contributed by atoms with Crippen LogP contribution in [0.3, 0.4) is 0 Å². The number of aromatic nitrogens is 1. The number of ether oxygens (including phenoxy) is 1. The molecule has 1 unspecified atom stereocenters. The molecular formula is C16H19BrN2O. The second-order valence-corrected chi connectivity index (χ2v) is 5.55. The summed E-state index contributed by atoms with van der Waals surface area (Å²) in [6.45, 7) is 5.26. The molecule has 0 amide bonds. The maximum absolute atomic E-state index is 5.91. The highest BCUT2D eigenvalue weighted by Crippen LogP contribution is 2.28. The number of rotatable bonds is 6. The van der Waals surface area contributed by atoms with Crippen LogP contribution in [-0.4, -0.2) is 11.5 Å². The highest BCUT2D eigenvalue weighted by molar-refractivity contribution is 9.10. The van der Waals surface area contributed by atoms with E-state index in [1.807, 2.05) is 36.4 Å². The van der Waals surface area contributed by atoms with Gasteiger partial charge in [0.05, 0.1) is 0 Å². The van der Waals surface area contributed by atoms with E-state index in [4.69, 9.17) is 4.74 Å². The molecule has 106 valence electrons. The van der Waals surface area contributed by atoms with Crippen molar-refractivity contribution in [1.29, 1.82) is 0 Å². The minimum atomic E-state index is 0.214. The third kappa shape index (κ3) is 4.05. The maximum Gasteiger partial charge on any atom is 0.223 e. The molecule has 0 saturated carbocycles. The topological polar surface area (TPSA) is 34.2 Å². The molecule has 0 aliphatic rings. The van der Waals surface area contributed by atoms with Crippen molar-refractivity contribution in [3.05, 3.63) is 52.6 Å². The molecule has 1 aromatic carbocycles. The highest BCUT2D eigenvalue weighted by atomic mass is 79.9. The Morgan fingerprint density at radius 2 is 2.15 bits per heavy atom. The number of nitrogens with zero attached hydrogens (tertiary/aromatic N) is 1. The van der Waals surface area contributed by atoms with Crippen LogP contribution in [0.2, 0.25) is 0 Å². The van der Waals surface area contributed by atoms with Crippen molar-refractivity contribution in [3.63, 3.8) is 0 Å². The first kappa shape index (κ1) is 15.0. The van der Waals surface area contributed by atoms with Gasteiger partial charge >= 0.3 is 0 Å². The number of pyridine rings is 1. The quantitative estimate of drug-likeness (QED) is 0.831. The highest BCUT2D eigenvalue weighted by Gasteiger charge is 2.12. The third-order valence-corrected chi connectivity index (χ3v) is 3.47. The second kappa shape index (κ2) is 7.41. The van der Waals surface area contributed by atoms with Gasteiger partial charge in [-0.1, -0.05) is 35.0 Å². The van der Waals surface area contributed by atoms with E-state index < -0.39 is 0 Å². The normalized spacial score (nSPS) is 12.2. The molecule has 0 spiro atoms. The summed E-state index contributed by atoms with van der Waals surface area (Å²) < 4.78 is 6.90. The average molecular weight is 335 g/mol. The molecular weight excluding hydrogens is 316 g/mol. The Bertz CT molecular complexity index is 560. The number of nitrogens with one attached hydrogen (secondary N) is 1. The van der Waals surface area contributed by atoms with Gasteiger partial charge in [0.2, 0.25) is 5.88 Å². The van der Waals surface area contributed by atoms with Gasteiger partial charge < -0.3 is 10.1 Å². The largest absolute Gasteiger partial charge is 0.439 e. The van der Waals surface area contributed by atoms with Crippen LogP contribution < -0.4 is 10.1 Å². The lowest BCUT2D eigenvalue weighted by atomic mass is 10.1.